The van der Waals surface area contributed by atoms with E-state index in [4.69, 9.17) is 28.0 Å². The van der Waals surface area contributed by atoms with Crippen molar-refractivity contribution in [1.29, 1.82) is 0 Å². The van der Waals surface area contributed by atoms with E-state index < -0.39 is 44.2 Å². The minimum Gasteiger partial charge on any atom is -0.462 e. The third-order valence-electron chi connectivity index (χ3n) is 13.8. The third-order valence-corrected chi connectivity index (χ3v) is 14.8. The van der Waals surface area contributed by atoms with E-state index in [-0.39, 0.29) is 38.2 Å². The highest BCUT2D eigenvalue weighted by Gasteiger charge is 2.32. The van der Waals surface area contributed by atoms with Gasteiger partial charge in [-0.3, -0.25) is 18.6 Å². The maximum Gasteiger partial charge on any atom is 0.472 e. The average Bonchev–Trinajstić information content (AvgIpc) is 3.33. The molecule has 68 heavy (non-hydrogen) atoms. The number of alkyl carbamates (subject to hydrolysis) is 1. The Bertz CT molecular complexity index is 1230. The molecule has 404 valence electrons. The van der Waals surface area contributed by atoms with Gasteiger partial charge in [-0.05, 0) is 45.4 Å². The van der Waals surface area contributed by atoms with Gasteiger partial charge in [-0.1, -0.05) is 221 Å². The van der Waals surface area contributed by atoms with E-state index in [1.54, 1.807) is 0 Å². The zero-order valence-electron chi connectivity index (χ0n) is 45.3. The van der Waals surface area contributed by atoms with E-state index in [9.17, 15) is 23.8 Å². The van der Waals surface area contributed by atoms with Crippen molar-refractivity contribution in [2.75, 3.05) is 33.0 Å². The maximum absolute atomic E-state index is 12.9. The summed E-state index contributed by atoms with van der Waals surface area (Å²) in [7, 11) is -4.63. The van der Waals surface area contributed by atoms with E-state index in [0.717, 1.165) is 51.4 Å². The van der Waals surface area contributed by atoms with Crippen LogP contribution in [0.1, 0.15) is 286 Å². The average molecular weight is 990 g/mol. The molecule has 0 bridgehead atoms. The Morgan fingerprint density at radius 1 is 0.515 bits per heavy atom. The molecular formula is C55H108NO11P. The van der Waals surface area contributed by atoms with Crippen LogP contribution in [0.15, 0.2) is 0 Å². The second kappa shape index (κ2) is 45.2. The number of unbranched alkanes of at least 4 members (excludes halogenated alkanes) is 28. The fraction of sp³-hybridized carbons (Fsp3) is 0.945. The normalized spacial score (nSPS) is 13.3. The highest BCUT2D eigenvalue weighted by Crippen LogP contribution is 2.43. The lowest BCUT2D eigenvalue weighted by atomic mass is 9.93. The van der Waals surface area contributed by atoms with Crippen LogP contribution in [0.4, 0.5) is 4.79 Å². The minimum absolute atomic E-state index is 0.106. The molecule has 0 aromatic heterocycles. The van der Waals surface area contributed by atoms with Gasteiger partial charge in [0.15, 0.2) is 6.10 Å². The molecule has 2 atom stereocenters. The number of hydrogen-bond donors (Lipinski definition) is 2. The van der Waals surface area contributed by atoms with Crippen LogP contribution < -0.4 is 5.32 Å². The molecular weight excluding hydrogens is 882 g/mol. The van der Waals surface area contributed by atoms with Crippen LogP contribution in [-0.4, -0.2) is 73.2 Å². The summed E-state index contributed by atoms with van der Waals surface area (Å²) in [6, 6.07) is 0. The van der Waals surface area contributed by atoms with Gasteiger partial charge in [-0.15, -0.1) is 0 Å². The number of rotatable bonds is 51. The first-order valence-electron chi connectivity index (χ1n) is 28.4. The number of phosphoric acid groups is 1. The van der Waals surface area contributed by atoms with Gasteiger partial charge in [-0.25, -0.2) is 9.36 Å². The van der Waals surface area contributed by atoms with E-state index in [1.165, 1.54) is 141 Å². The van der Waals surface area contributed by atoms with Crippen molar-refractivity contribution in [2.24, 2.45) is 0 Å². The molecule has 0 saturated heterocycles. The second-order valence-electron chi connectivity index (χ2n) is 19.8. The number of ether oxygens (including phenoxy) is 4. The zero-order chi connectivity index (χ0) is 50.5. The Kier molecular flexibility index (Phi) is 44.0. The van der Waals surface area contributed by atoms with Crippen molar-refractivity contribution < 1.29 is 51.8 Å². The summed E-state index contributed by atoms with van der Waals surface area (Å²) in [6.07, 6.45) is 39.0. The van der Waals surface area contributed by atoms with Crippen LogP contribution in [0, 0.1) is 0 Å². The van der Waals surface area contributed by atoms with Crippen molar-refractivity contribution in [3.8, 4) is 0 Å². The van der Waals surface area contributed by atoms with Gasteiger partial charge in [0.2, 0.25) is 0 Å². The fourth-order valence-electron chi connectivity index (χ4n) is 8.40. The van der Waals surface area contributed by atoms with Gasteiger partial charge in [0, 0.05) is 25.8 Å². The molecule has 12 nitrogen and oxygen atoms in total. The monoisotopic (exact) mass is 990 g/mol. The predicted molar refractivity (Wildman–Crippen MR) is 279 cm³/mol. The van der Waals surface area contributed by atoms with Crippen molar-refractivity contribution in [2.45, 2.75) is 303 Å². The Hall–Kier alpha value is -1.72. The SMILES string of the molecule is CCCCCCCCCCCCCCCCCC(=O)OCC(COP(=O)(O)OCCNC(=O)OC(CC)(CC)CCOC(C)(CC)CC)OC(=O)CCCCCCCCCCCCCCCCC. The Balaban J connectivity index is 4.81. The van der Waals surface area contributed by atoms with E-state index >= 15 is 0 Å². The van der Waals surface area contributed by atoms with Crippen LogP contribution in [0.25, 0.3) is 0 Å². The standard InChI is InChI=1S/C55H108NO11P/c1-8-14-16-18-20-22-24-26-28-30-32-34-36-38-40-42-51(57)62-48-50(66-52(58)43-41-39-37-35-33-31-29-27-25-23-21-19-17-15-9-2)49-65-68(60,61)64-47-45-56-53(59)67-55(12-5,13-6)44-46-63-54(7,10-3)11-4/h50H,8-49H2,1-7H3,(H,56,59)(H,60,61). The van der Waals surface area contributed by atoms with Crippen LogP contribution in [0.3, 0.4) is 0 Å². The summed E-state index contributed by atoms with van der Waals surface area (Å²) >= 11 is 0. The topological polar surface area (TPSA) is 156 Å². The second-order valence-corrected chi connectivity index (χ2v) is 21.2. The number of amides is 1. The van der Waals surface area contributed by atoms with Gasteiger partial charge in [0.1, 0.15) is 12.2 Å². The molecule has 2 N–H and O–H groups in total. The van der Waals surface area contributed by atoms with Gasteiger partial charge in [0.05, 0.1) is 25.4 Å². The van der Waals surface area contributed by atoms with Crippen LogP contribution in [-0.2, 0) is 42.1 Å². The smallest absolute Gasteiger partial charge is 0.462 e. The van der Waals surface area contributed by atoms with Crippen LogP contribution >= 0.6 is 7.82 Å². The molecule has 0 spiro atoms. The number of carbonyl (C=O) groups is 3. The molecule has 13 heteroatoms. The zero-order valence-corrected chi connectivity index (χ0v) is 46.1. The Morgan fingerprint density at radius 2 is 0.912 bits per heavy atom. The first-order chi connectivity index (χ1) is 32.8. The largest absolute Gasteiger partial charge is 0.472 e. The third kappa shape index (κ3) is 39.9. The summed E-state index contributed by atoms with van der Waals surface area (Å²) in [6.45, 7) is 13.9. The van der Waals surface area contributed by atoms with Gasteiger partial charge in [0.25, 0.3) is 0 Å². The van der Waals surface area contributed by atoms with Crippen molar-refractivity contribution in [1.82, 2.24) is 5.32 Å². The summed E-state index contributed by atoms with van der Waals surface area (Å²) < 4.78 is 46.3. The number of carbonyl (C=O) groups excluding carboxylic acids is 3. The molecule has 0 aromatic carbocycles. The van der Waals surface area contributed by atoms with E-state index in [1.807, 2.05) is 13.8 Å². The first kappa shape index (κ1) is 66.3. The number of hydrogen-bond acceptors (Lipinski definition) is 10. The van der Waals surface area contributed by atoms with Crippen LogP contribution in [0.5, 0.6) is 0 Å². The van der Waals surface area contributed by atoms with E-state index in [2.05, 4.69) is 39.9 Å². The van der Waals surface area contributed by atoms with Gasteiger partial charge >= 0.3 is 25.9 Å². The molecule has 0 heterocycles. The Labute approximate surface area is 418 Å². The number of phosphoric ester groups is 1. The lowest BCUT2D eigenvalue weighted by Crippen LogP contribution is -2.41. The van der Waals surface area contributed by atoms with Crippen molar-refractivity contribution in [3.05, 3.63) is 0 Å². The molecule has 0 aromatic rings. The lowest BCUT2D eigenvalue weighted by Gasteiger charge is -2.34. The molecule has 2 unspecified atom stereocenters. The molecule has 0 fully saturated rings. The highest BCUT2D eigenvalue weighted by molar-refractivity contribution is 7.47. The molecule has 0 rings (SSSR count). The molecule has 0 aliphatic carbocycles. The number of nitrogens with one attached hydrogen (secondary N) is 1. The van der Waals surface area contributed by atoms with Crippen molar-refractivity contribution >= 4 is 25.9 Å². The highest BCUT2D eigenvalue weighted by atomic mass is 31.2. The lowest BCUT2D eigenvalue weighted by molar-refractivity contribution is -0.161. The molecule has 0 radical (unpaired) electrons. The minimum atomic E-state index is -4.63. The van der Waals surface area contributed by atoms with Gasteiger partial charge < -0.3 is 29.2 Å². The maximum atomic E-state index is 12.9. The molecule has 0 saturated carbocycles. The first-order valence-corrected chi connectivity index (χ1v) is 29.9. The molecule has 0 aliphatic rings. The van der Waals surface area contributed by atoms with E-state index in [0.29, 0.717) is 38.7 Å². The summed E-state index contributed by atoms with van der Waals surface area (Å²) in [5.74, 6) is -0.887. The van der Waals surface area contributed by atoms with Crippen molar-refractivity contribution in [3.63, 3.8) is 0 Å². The fourth-order valence-corrected chi connectivity index (χ4v) is 9.15. The van der Waals surface area contributed by atoms with Gasteiger partial charge in [-0.2, -0.15) is 0 Å². The quantitative estimate of drug-likeness (QED) is 0.0259. The summed E-state index contributed by atoms with van der Waals surface area (Å²) in [5.41, 5.74) is -0.938. The van der Waals surface area contributed by atoms with Crippen LogP contribution in [0.2, 0.25) is 0 Å². The molecule has 1 amide bonds. The number of esters is 2. The molecule has 0 aliphatic heterocycles. The Morgan fingerprint density at radius 3 is 1.31 bits per heavy atom. The summed E-state index contributed by atoms with van der Waals surface area (Å²) in [5, 5.41) is 2.59. The predicted octanol–water partition coefficient (Wildman–Crippen LogP) is 16.4. The summed E-state index contributed by atoms with van der Waals surface area (Å²) in [4.78, 5) is 48.8.